The number of hydrogen-bond donors (Lipinski definition) is 0. The number of thioether (sulfide) groups is 1. The quantitative estimate of drug-likeness (QED) is 0.662. The van der Waals surface area contributed by atoms with Crippen LogP contribution in [0.25, 0.3) is 0 Å². The number of aryl methyl sites for hydroxylation is 1. The summed E-state index contributed by atoms with van der Waals surface area (Å²) in [6, 6.07) is 2.12. The molecule has 0 aromatic carbocycles. The summed E-state index contributed by atoms with van der Waals surface area (Å²) in [5.41, 5.74) is 1.15. The number of hydrogen-bond acceptors (Lipinski definition) is 3. The number of nitrogens with zero attached hydrogens (tertiary/aromatic N) is 1. The highest BCUT2D eigenvalue weighted by atomic mass is 32.2. The molecule has 0 saturated carbocycles. The van der Waals surface area contributed by atoms with Crippen molar-refractivity contribution in [2.75, 3.05) is 12.4 Å². The van der Waals surface area contributed by atoms with Gasteiger partial charge in [-0.25, -0.2) is 0 Å². The number of ether oxygens (including phenoxy) is 1. The van der Waals surface area contributed by atoms with Gasteiger partial charge in [-0.15, -0.1) is 11.8 Å². The van der Waals surface area contributed by atoms with E-state index in [1.54, 1.807) is 0 Å². The van der Waals surface area contributed by atoms with E-state index in [1.807, 2.05) is 18.0 Å². The molecule has 0 fully saturated rings. The third-order valence-corrected chi connectivity index (χ3v) is 2.85. The molecule has 2 heterocycles. The zero-order chi connectivity index (χ0) is 8.39. The van der Waals surface area contributed by atoms with E-state index in [9.17, 15) is 0 Å². The average Bonchev–Trinajstić information content (AvgIpc) is 2.17. The number of rotatable bonds is 1. The van der Waals surface area contributed by atoms with Crippen LogP contribution >= 0.6 is 11.8 Å². The molecule has 0 atom stereocenters. The summed E-state index contributed by atoms with van der Waals surface area (Å²) in [7, 11) is 0. The largest absolute Gasteiger partial charge is 0.490 e. The predicted molar refractivity (Wildman–Crippen MR) is 49.8 cm³/mol. The number of pyridine rings is 1. The van der Waals surface area contributed by atoms with Crippen LogP contribution in [0.15, 0.2) is 17.2 Å². The first-order valence-electron chi connectivity index (χ1n) is 4.14. The summed E-state index contributed by atoms with van der Waals surface area (Å²) in [6.45, 7) is 2.92. The van der Waals surface area contributed by atoms with E-state index >= 15 is 0 Å². The van der Waals surface area contributed by atoms with Crippen molar-refractivity contribution >= 4 is 11.8 Å². The second-order valence-electron chi connectivity index (χ2n) is 2.67. The molecule has 12 heavy (non-hydrogen) atoms. The molecule has 64 valence electrons. The normalized spacial score (nSPS) is 15.1. The van der Waals surface area contributed by atoms with Crippen LogP contribution in [0.1, 0.15) is 12.6 Å². The van der Waals surface area contributed by atoms with Crippen molar-refractivity contribution in [3.05, 3.63) is 18.0 Å². The minimum absolute atomic E-state index is 0.810. The lowest BCUT2D eigenvalue weighted by Crippen LogP contribution is -2.07. The van der Waals surface area contributed by atoms with Crippen molar-refractivity contribution < 1.29 is 4.74 Å². The Kier molecular flexibility index (Phi) is 2.21. The van der Waals surface area contributed by atoms with Gasteiger partial charge in [0.05, 0.1) is 17.7 Å². The van der Waals surface area contributed by atoms with Crippen LogP contribution in [-0.4, -0.2) is 17.3 Å². The van der Waals surface area contributed by atoms with Gasteiger partial charge in [0.2, 0.25) is 0 Å². The van der Waals surface area contributed by atoms with Gasteiger partial charge in [-0.05, 0) is 12.5 Å². The third-order valence-electron chi connectivity index (χ3n) is 1.85. The second kappa shape index (κ2) is 3.35. The Morgan fingerprint density at radius 2 is 2.58 bits per heavy atom. The Morgan fingerprint density at radius 1 is 1.67 bits per heavy atom. The predicted octanol–water partition coefficient (Wildman–Crippen LogP) is 2.13. The van der Waals surface area contributed by atoms with Crippen LogP contribution in [0.5, 0.6) is 5.75 Å². The molecule has 0 unspecified atom stereocenters. The first-order valence-corrected chi connectivity index (χ1v) is 5.13. The molecule has 1 aromatic heterocycles. The van der Waals surface area contributed by atoms with E-state index in [2.05, 4.69) is 18.0 Å². The van der Waals surface area contributed by atoms with Gasteiger partial charge in [0.1, 0.15) is 0 Å². The topological polar surface area (TPSA) is 22.1 Å². The minimum Gasteiger partial charge on any atom is -0.490 e. The van der Waals surface area contributed by atoms with E-state index < -0.39 is 0 Å². The highest BCUT2D eigenvalue weighted by molar-refractivity contribution is 7.99. The fourth-order valence-electron chi connectivity index (χ4n) is 1.18. The molecule has 1 aromatic rings. The fourth-order valence-corrected chi connectivity index (χ4v) is 2.04. The number of aromatic nitrogens is 1. The minimum atomic E-state index is 0.810. The van der Waals surface area contributed by atoms with Gasteiger partial charge in [0.25, 0.3) is 0 Å². The maximum atomic E-state index is 5.44. The summed E-state index contributed by atoms with van der Waals surface area (Å²) in [5.74, 6) is 2.00. The van der Waals surface area contributed by atoms with Gasteiger partial charge in [0.15, 0.2) is 5.75 Å². The van der Waals surface area contributed by atoms with Crippen LogP contribution < -0.4 is 4.74 Å². The smallest absolute Gasteiger partial charge is 0.151 e. The van der Waals surface area contributed by atoms with Crippen molar-refractivity contribution in [1.82, 2.24) is 4.98 Å². The molecule has 0 N–H and O–H groups in total. The zero-order valence-electron chi connectivity index (χ0n) is 7.04. The van der Waals surface area contributed by atoms with Gasteiger partial charge in [-0.2, -0.15) is 0 Å². The standard InChI is InChI=1S/C9H11NOS/c1-2-7-5-9-8(6-10-7)11-3-4-12-9/h5-6H,2-4H2,1H3. The van der Waals surface area contributed by atoms with Crippen LogP contribution in [0.2, 0.25) is 0 Å². The van der Waals surface area contributed by atoms with Crippen molar-refractivity contribution in [3.8, 4) is 5.75 Å². The molecule has 0 spiro atoms. The molecule has 2 rings (SSSR count). The molecule has 0 bridgehead atoms. The van der Waals surface area contributed by atoms with Crippen LogP contribution in [0.4, 0.5) is 0 Å². The van der Waals surface area contributed by atoms with Crippen molar-refractivity contribution in [3.63, 3.8) is 0 Å². The lowest BCUT2D eigenvalue weighted by Gasteiger charge is -2.16. The van der Waals surface area contributed by atoms with Gasteiger partial charge in [-0.3, -0.25) is 4.98 Å². The Labute approximate surface area is 76.3 Å². The van der Waals surface area contributed by atoms with Gasteiger partial charge >= 0.3 is 0 Å². The Morgan fingerprint density at radius 3 is 3.42 bits per heavy atom. The van der Waals surface area contributed by atoms with E-state index in [4.69, 9.17) is 4.74 Å². The molecule has 0 aliphatic carbocycles. The van der Waals surface area contributed by atoms with Crippen molar-refractivity contribution in [2.24, 2.45) is 0 Å². The van der Waals surface area contributed by atoms with Crippen molar-refractivity contribution in [1.29, 1.82) is 0 Å². The molecule has 1 aliphatic heterocycles. The fraction of sp³-hybridized carbons (Fsp3) is 0.444. The monoisotopic (exact) mass is 181 g/mol. The lowest BCUT2D eigenvalue weighted by atomic mass is 10.3. The van der Waals surface area contributed by atoms with Crippen LogP contribution in [0.3, 0.4) is 0 Å². The van der Waals surface area contributed by atoms with E-state index in [1.165, 1.54) is 4.90 Å². The van der Waals surface area contributed by atoms with Gasteiger partial charge in [0, 0.05) is 11.4 Å². The second-order valence-corrected chi connectivity index (χ2v) is 3.81. The summed E-state index contributed by atoms with van der Waals surface area (Å²) in [6.07, 6.45) is 2.83. The van der Waals surface area contributed by atoms with E-state index in [-0.39, 0.29) is 0 Å². The summed E-state index contributed by atoms with van der Waals surface area (Å²) >= 11 is 1.85. The van der Waals surface area contributed by atoms with E-state index in [0.29, 0.717) is 0 Å². The summed E-state index contributed by atoms with van der Waals surface area (Å²) < 4.78 is 5.44. The first-order chi connectivity index (χ1) is 5.90. The molecular formula is C9H11NOS. The highest BCUT2D eigenvalue weighted by Crippen LogP contribution is 2.32. The summed E-state index contributed by atoms with van der Waals surface area (Å²) in [4.78, 5) is 5.52. The molecule has 0 radical (unpaired) electrons. The van der Waals surface area contributed by atoms with E-state index in [0.717, 1.165) is 30.2 Å². The average molecular weight is 181 g/mol. The van der Waals surface area contributed by atoms with Crippen molar-refractivity contribution in [2.45, 2.75) is 18.2 Å². The highest BCUT2D eigenvalue weighted by Gasteiger charge is 2.10. The first kappa shape index (κ1) is 7.92. The summed E-state index contributed by atoms with van der Waals surface area (Å²) in [5, 5.41) is 0. The molecule has 1 aliphatic rings. The lowest BCUT2D eigenvalue weighted by molar-refractivity contribution is 0.328. The Hall–Kier alpha value is -0.700. The van der Waals surface area contributed by atoms with Crippen LogP contribution in [0, 0.1) is 0 Å². The number of fused-ring (bicyclic) bond motifs is 1. The van der Waals surface area contributed by atoms with Gasteiger partial charge < -0.3 is 4.74 Å². The van der Waals surface area contributed by atoms with Gasteiger partial charge in [-0.1, -0.05) is 6.92 Å². The molecule has 0 saturated heterocycles. The Balaban J connectivity index is 2.36. The molecule has 0 amide bonds. The zero-order valence-corrected chi connectivity index (χ0v) is 7.86. The maximum Gasteiger partial charge on any atom is 0.151 e. The third kappa shape index (κ3) is 1.41. The molecule has 3 heteroatoms. The molecular weight excluding hydrogens is 170 g/mol. The van der Waals surface area contributed by atoms with Crippen LogP contribution in [-0.2, 0) is 6.42 Å². The Bertz CT molecular complexity index is 288. The molecule has 2 nitrogen and oxygen atoms in total. The SMILES string of the molecule is CCc1cc2c(cn1)OCCS2. The maximum absolute atomic E-state index is 5.44.